The van der Waals surface area contributed by atoms with Crippen LogP contribution in [-0.4, -0.2) is 10.1 Å². The number of benzene rings is 2. The summed E-state index contributed by atoms with van der Waals surface area (Å²) >= 11 is 5.90. The van der Waals surface area contributed by atoms with Crippen molar-refractivity contribution in [3.05, 3.63) is 63.4 Å². The van der Waals surface area contributed by atoms with E-state index in [9.17, 15) is 9.90 Å². The van der Waals surface area contributed by atoms with Gasteiger partial charge in [0.2, 0.25) is 0 Å². The van der Waals surface area contributed by atoms with Gasteiger partial charge in [-0.2, -0.15) is 0 Å². The van der Waals surface area contributed by atoms with Crippen molar-refractivity contribution in [1.29, 1.82) is 0 Å². The van der Waals surface area contributed by atoms with Crippen LogP contribution in [0, 0.1) is 6.92 Å². The molecule has 3 aromatic rings. The molecule has 0 aliphatic heterocycles. The molecule has 3 rings (SSSR count). The molecule has 0 radical (unpaired) electrons. The van der Waals surface area contributed by atoms with Crippen molar-refractivity contribution in [2.45, 2.75) is 6.92 Å². The third-order valence-corrected chi connectivity index (χ3v) is 3.60. The van der Waals surface area contributed by atoms with E-state index >= 15 is 0 Å². The molecule has 0 saturated carbocycles. The second-order valence-electron chi connectivity index (χ2n) is 4.68. The Labute approximate surface area is 120 Å². The predicted molar refractivity (Wildman–Crippen MR) is 81.4 cm³/mol. The van der Waals surface area contributed by atoms with Gasteiger partial charge < -0.3 is 10.1 Å². The lowest BCUT2D eigenvalue weighted by atomic mass is 9.99. The van der Waals surface area contributed by atoms with Crippen LogP contribution in [0.5, 0.6) is 5.75 Å². The number of aromatic amines is 1. The van der Waals surface area contributed by atoms with Gasteiger partial charge in [0, 0.05) is 10.4 Å². The minimum Gasteiger partial charge on any atom is -0.506 e. The van der Waals surface area contributed by atoms with Gasteiger partial charge in [-0.25, -0.2) is 0 Å². The quantitative estimate of drug-likeness (QED) is 0.713. The Hall–Kier alpha value is -2.26. The molecule has 1 aromatic heterocycles. The van der Waals surface area contributed by atoms with Gasteiger partial charge >= 0.3 is 0 Å². The number of rotatable bonds is 1. The molecule has 0 aliphatic carbocycles. The van der Waals surface area contributed by atoms with Crippen LogP contribution >= 0.6 is 11.6 Å². The number of fused-ring (bicyclic) bond motifs is 1. The molecule has 0 aliphatic rings. The maximum absolute atomic E-state index is 12.3. The van der Waals surface area contributed by atoms with Crippen molar-refractivity contribution in [3.8, 4) is 16.9 Å². The van der Waals surface area contributed by atoms with Crippen LogP contribution in [0.2, 0.25) is 5.02 Å². The average Bonchev–Trinajstić information content (AvgIpc) is 2.40. The second-order valence-corrected chi connectivity index (χ2v) is 5.12. The van der Waals surface area contributed by atoms with Crippen molar-refractivity contribution < 1.29 is 5.11 Å². The van der Waals surface area contributed by atoms with E-state index in [-0.39, 0.29) is 16.9 Å². The number of aromatic nitrogens is 1. The molecule has 0 saturated heterocycles. The SMILES string of the molecule is Cc1ccccc1-c1c(O)c2ccc(Cl)cc2[nH]c1=O. The van der Waals surface area contributed by atoms with E-state index in [4.69, 9.17) is 11.6 Å². The molecular weight excluding hydrogens is 274 g/mol. The Balaban J connectivity index is 2.41. The zero-order valence-corrected chi connectivity index (χ0v) is 11.5. The van der Waals surface area contributed by atoms with Crippen LogP contribution in [0.25, 0.3) is 22.0 Å². The number of hydrogen-bond donors (Lipinski definition) is 2. The zero-order valence-electron chi connectivity index (χ0n) is 10.8. The van der Waals surface area contributed by atoms with Crippen molar-refractivity contribution in [2.24, 2.45) is 0 Å². The number of aryl methyl sites for hydroxylation is 1. The lowest BCUT2D eigenvalue weighted by Crippen LogP contribution is -2.10. The summed E-state index contributed by atoms with van der Waals surface area (Å²) < 4.78 is 0. The van der Waals surface area contributed by atoms with Crippen LogP contribution < -0.4 is 5.56 Å². The predicted octanol–water partition coefficient (Wildman–Crippen LogP) is 3.86. The molecule has 1 heterocycles. The van der Waals surface area contributed by atoms with Gasteiger partial charge in [-0.1, -0.05) is 35.9 Å². The van der Waals surface area contributed by atoms with Gasteiger partial charge in [-0.15, -0.1) is 0 Å². The number of pyridine rings is 1. The Morgan fingerprint density at radius 3 is 2.65 bits per heavy atom. The van der Waals surface area contributed by atoms with Gasteiger partial charge in [-0.3, -0.25) is 4.79 Å². The van der Waals surface area contributed by atoms with E-state index in [0.29, 0.717) is 15.9 Å². The summed E-state index contributed by atoms with van der Waals surface area (Å²) in [6.07, 6.45) is 0. The zero-order chi connectivity index (χ0) is 14.3. The Bertz CT molecular complexity index is 868. The maximum atomic E-state index is 12.3. The van der Waals surface area contributed by atoms with Gasteiger partial charge in [0.05, 0.1) is 11.1 Å². The summed E-state index contributed by atoms with van der Waals surface area (Å²) in [6, 6.07) is 12.5. The highest BCUT2D eigenvalue weighted by Crippen LogP contribution is 2.34. The molecule has 2 N–H and O–H groups in total. The molecule has 0 amide bonds. The highest BCUT2D eigenvalue weighted by molar-refractivity contribution is 6.31. The van der Waals surface area contributed by atoms with Crippen LogP contribution in [0.1, 0.15) is 5.56 Å². The Morgan fingerprint density at radius 2 is 1.90 bits per heavy atom. The van der Waals surface area contributed by atoms with Crippen LogP contribution in [0.3, 0.4) is 0 Å². The number of H-pyrrole nitrogens is 1. The summed E-state index contributed by atoms with van der Waals surface area (Å²) in [5.74, 6) is -0.0188. The first-order chi connectivity index (χ1) is 9.58. The van der Waals surface area contributed by atoms with Crippen molar-refractivity contribution in [2.75, 3.05) is 0 Å². The largest absolute Gasteiger partial charge is 0.506 e. The standard InChI is InChI=1S/C16H12ClNO2/c1-9-4-2-3-5-11(9)14-15(19)12-7-6-10(17)8-13(12)18-16(14)20/h2-8H,1H3,(H2,18,19,20). The fourth-order valence-corrected chi connectivity index (χ4v) is 2.53. The van der Waals surface area contributed by atoms with E-state index in [0.717, 1.165) is 11.1 Å². The fraction of sp³-hybridized carbons (Fsp3) is 0.0625. The van der Waals surface area contributed by atoms with E-state index in [2.05, 4.69) is 4.98 Å². The molecular formula is C16H12ClNO2. The second kappa shape index (κ2) is 4.69. The van der Waals surface area contributed by atoms with E-state index in [1.54, 1.807) is 18.2 Å². The molecule has 20 heavy (non-hydrogen) atoms. The molecule has 0 atom stereocenters. The van der Waals surface area contributed by atoms with Crippen molar-refractivity contribution in [3.63, 3.8) is 0 Å². The molecule has 3 nitrogen and oxygen atoms in total. The molecule has 0 unspecified atom stereocenters. The number of halogens is 1. The summed E-state index contributed by atoms with van der Waals surface area (Å²) in [4.78, 5) is 15.0. The van der Waals surface area contributed by atoms with E-state index in [1.165, 1.54) is 0 Å². The van der Waals surface area contributed by atoms with E-state index < -0.39 is 0 Å². The summed E-state index contributed by atoms with van der Waals surface area (Å²) in [7, 11) is 0. The minimum absolute atomic E-state index is 0.0188. The van der Waals surface area contributed by atoms with Gasteiger partial charge in [-0.05, 0) is 36.2 Å². The van der Waals surface area contributed by atoms with Crippen molar-refractivity contribution in [1.82, 2.24) is 4.98 Å². The maximum Gasteiger partial charge on any atom is 0.260 e. The molecule has 100 valence electrons. The molecule has 0 fully saturated rings. The highest BCUT2D eigenvalue weighted by atomic mass is 35.5. The molecule has 4 heteroatoms. The highest BCUT2D eigenvalue weighted by Gasteiger charge is 2.15. The summed E-state index contributed by atoms with van der Waals surface area (Å²) in [5, 5.41) is 11.5. The number of hydrogen-bond acceptors (Lipinski definition) is 2. The minimum atomic E-state index is -0.327. The molecule has 0 bridgehead atoms. The van der Waals surface area contributed by atoms with Crippen molar-refractivity contribution >= 4 is 22.5 Å². The lowest BCUT2D eigenvalue weighted by molar-refractivity contribution is 0.482. The first kappa shape index (κ1) is 12.8. The smallest absolute Gasteiger partial charge is 0.260 e. The van der Waals surface area contributed by atoms with Gasteiger partial charge in [0.15, 0.2) is 0 Å². The van der Waals surface area contributed by atoms with Gasteiger partial charge in [0.1, 0.15) is 5.75 Å². The first-order valence-electron chi connectivity index (χ1n) is 6.18. The Kier molecular flexibility index (Phi) is 2.99. The fourth-order valence-electron chi connectivity index (χ4n) is 2.36. The monoisotopic (exact) mass is 285 g/mol. The lowest BCUT2D eigenvalue weighted by Gasteiger charge is -2.10. The summed E-state index contributed by atoms with van der Waals surface area (Å²) in [5.41, 5.74) is 2.14. The number of aromatic hydroxyl groups is 1. The van der Waals surface area contributed by atoms with Crippen LogP contribution in [-0.2, 0) is 0 Å². The normalized spacial score (nSPS) is 10.9. The molecule has 0 spiro atoms. The van der Waals surface area contributed by atoms with Crippen LogP contribution in [0.15, 0.2) is 47.3 Å². The van der Waals surface area contributed by atoms with Crippen LogP contribution in [0.4, 0.5) is 0 Å². The average molecular weight is 286 g/mol. The Morgan fingerprint density at radius 1 is 1.15 bits per heavy atom. The topological polar surface area (TPSA) is 53.1 Å². The number of nitrogens with one attached hydrogen (secondary N) is 1. The van der Waals surface area contributed by atoms with E-state index in [1.807, 2.05) is 31.2 Å². The summed E-state index contributed by atoms with van der Waals surface area (Å²) in [6.45, 7) is 1.90. The third kappa shape index (κ3) is 1.96. The van der Waals surface area contributed by atoms with Gasteiger partial charge in [0.25, 0.3) is 5.56 Å². The first-order valence-corrected chi connectivity index (χ1v) is 6.56. The molecule has 2 aromatic carbocycles. The third-order valence-electron chi connectivity index (χ3n) is 3.36.